The fourth-order valence-electron chi connectivity index (χ4n) is 2.02. The van der Waals surface area contributed by atoms with Crippen LogP contribution in [0.3, 0.4) is 0 Å². The number of rotatable bonds is 4. The number of amides is 1. The maximum Gasteiger partial charge on any atom is 0.225 e. The van der Waals surface area contributed by atoms with Gasteiger partial charge in [0.25, 0.3) is 0 Å². The number of ether oxygens (including phenoxy) is 1. The molecule has 1 saturated heterocycles. The average Bonchev–Trinajstić information content (AvgIpc) is 2.92. The Balaban J connectivity index is 1.73. The Kier molecular flexibility index (Phi) is 2.49. The van der Waals surface area contributed by atoms with Gasteiger partial charge in [-0.1, -0.05) is 0 Å². The molecule has 4 heteroatoms. The van der Waals surface area contributed by atoms with Gasteiger partial charge in [0.05, 0.1) is 26.1 Å². The molecule has 0 aromatic heterocycles. The van der Waals surface area contributed by atoms with E-state index in [2.05, 4.69) is 0 Å². The number of hydrogen-bond acceptors (Lipinski definition) is 3. The Bertz CT molecular complexity index is 232. The second-order valence-corrected chi connectivity index (χ2v) is 4.37. The number of carbonyl (C=O) groups is 1. The van der Waals surface area contributed by atoms with E-state index in [0.717, 1.165) is 12.8 Å². The number of methoxy groups -OCH3 is 1. The van der Waals surface area contributed by atoms with Crippen molar-refractivity contribution < 1.29 is 14.6 Å². The summed E-state index contributed by atoms with van der Waals surface area (Å²) in [7, 11) is 1.59. The van der Waals surface area contributed by atoms with E-state index in [1.165, 1.54) is 0 Å². The molecule has 0 atom stereocenters. The van der Waals surface area contributed by atoms with E-state index in [9.17, 15) is 9.90 Å². The molecule has 2 aliphatic rings. The molecule has 14 heavy (non-hydrogen) atoms. The lowest BCUT2D eigenvalue weighted by Gasteiger charge is -2.47. The van der Waals surface area contributed by atoms with E-state index in [1.807, 2.05) is 0 Å². The minimum absolute atomic E-state index is 0.0946. The third-order valence-electron chi connectivity index (χ3n) is 3.14. The normalized spacial score (nSPS) is 24.6. The molecule has 0 bridgehead atoms. The van der Waals surface area contributed by atoms with Gasteiger partial charge >= 0.3 is 0 Å². The van der Waals surface area contributed by atoms with Crippen LogP contribution < -0.4 is 0 Å². The summed E-state index contributed by atoms with van der Waals surface area (Å²) in [5, 5.41) is 9.97. The van der Waals surface area contributed by atoms with Gasteiger partial charge in [0, 0.05) is 7.11 Å². The van der Waals surface area contributed by atoms with E-state index in [-0.39, 0.29) is 5.91 Å². The fourth-order valence-corrected chi connectivity index (χ4v) is 2.02. The van der Waals surface area contributed by atoms with Crippen LogP contribution >= 0.6 is 0 Å². The van der Waals surface area contributed by atoms with Gasteiger partial charge in [-0.15, -0.1) is 0 Å². The number of likely N-dealkylation sites (tertiary alicyclic amines) is 1. The monoisotopic (exact) mass is 199 g/mol. The summed E-state index contributed by atoms with van der Waals surface area (Å²) in [6, 6.07) is 0. The molecule has 1 aliphatic heterocycles. The number of hydrogen-bond donors (Lipinski definition) is 1. The summed E-state index contributed by atoms with van der Waals surface area (Å²) in [5.41, 5.74) is -0.553. The van der Waals surface area contributed by atoms with E-state index < -0.39 is 5.60 Å². The predicted molar refractivity (Wildman–Crippen MR) is 50.7 cm³/mol. The van der Waals surface area contributed by atoms with E-state index in [1.54, 1.807) is 12.0 Å². The molecule has 0 aromatic rings. The highest BCUT2D eigenvalue weighted by molar-refractivity contribution is 5.77. The van der Waals surface area contributed by atoms with Gasteiger partial charge in [-0.05, 0) is 18.8 Å². The quantitative estimate of drug-likeness (QED) is 0.693. The fraction of sp³-hybridized carbons (Fsp3) is 0.900. The third kappa shape index (κ3) is 1.77. The molecular weight excluding hydrogens is 182 g/mol. The third-order valence-corrected chi connectivity index (χ3v) is 3.14. The zero-order valence-electron chi connectivity index (χ0n) is 8.53. The SMILES string of the molecule is COCCC(=O)N1CC(O)(C2CC2)C1. The van der Waals surface area contributed by atoms with Crippen LogP contribution in [0.4, 0.5) is 0 Å². The Hall–Kier alpha value is -0.610. The lowest BCUT2D eigenvalue weighted by molar-refractivity contribution is -0.160. The van der Waals surface area contributed by atoms with Crippen LogP contribution in [-0.2, 0) is 9.53 Å². The standard InChI is InChI=1S/C10H17NO3/c1-14-5-4-9(12)11-6-10(13,7-11)8-2-3-8/h8,13H,2-7H2,1H3. The Morgan fingerprint density at radius 3 is 2.71 bits per heavy atom. The smallest absolute Gasteiger partial charge is 0.225 e. The molecule has 1 aliphatic carbocycles. The second kappa shape index (κ2) is 3.51. The number of aliphatic hydroxyl groups is 1. The van der Waals surface area contributed by atoms with Crippen molar-refractivity contribution in [3.63, 3.8) is 0 Å². The summed E-state index contributed by atoms with van der Waals surface area (Å²) >= 11 is 0. The van der Waals surface area contributed by atoms with Crippen LogP contribution in [0.5, 0.6) is 0 Å². The van der Waals surface area contributed by atoms with Crippen LogP contribution in [0, 0.1) is 5.92 Å². The van der Waals surface area contributed by atoms with Crippen LogP contribution in [0.25, 0.3) is 0 Å². The summed E-state index contributed by atoms with van der Waals surface area (Å²) in [5.74, 6) is 0.547. The van der Waals surface area contributed by atoms with Crippen LogP contribution in [0.2, 0.25) is 0 Å². The zero-order valence-corrected chi connectivity index (χ0v) is 8.53. The molecule has 1 N–H and O–H groups in total. The van der Waals surface area contributed by atoms with Crippen molar-refractivity contribution in [1.29, 1.82) is 0 Å². The maximum atomic E-state index is 11.4. The van der Waals surface area contributed by atoms with Crippen molar-refractivity contribution in [2.45, 2.75) is 24.9 Å². The maximum absolute atomic E-state index is 11.4. The van der Waals surface area contributed by atoms with E-state index >= 15 is 0 Å². The second-order valence-electron chi connectivity index (χ2n) is 4.37. The Labute approximate surface area is 83.8 Å². The number of nitrogens with zero attached hydrogens (tertiary/aromatic N) is 1. The highest BCUT2D eigenvalue weighted by Gasteiger charge is 2.52. The molecule has 4 nitrogen and oxygen atoms in total. The molecular formula is C10H17NO3. The first-order valence-corrected chi connectivity index (χ1v) is 5.15. The molecule has 80 valence electrons. The molecule has 0 unspecified atom stereocenters. The molecule has 0 aromatic carbocycles. The summed E-state index contributed by atoms with van der Waals surface area (Å²) in [4.78, 5) is 13.2. The van der Waals surface area contributed by atoms with Crippen LogP contribution in [0.15, 0.2) is 0 Å². The van der Waals surface area contributed by atoms with E-state index in [0.29, 0.717) is 32.0 Å². The van der Waals surface area contributed by atoms with Gasteiger partial charge in [0.1, 0.15) is 5.60 Å². The van der Waals surface area contributed by atoms with Gasteiger partial charge in [0.2, 0.25) is 5.91 Å². The van der Waals surface area contributed by atoms with Crippen LogP contribution in [0.1, 0.15) is 19.3 Å². The molecule has 0 spiro atoms. The minimum Gasteiger partial charge on any atom is -0.386 e. The molecule has 2 fully saturated rings. The Morgan fingerprint density at radius 2 is 2.21 bits per heavy atom. The highest BCUT2D eigenvalue weighted by Crippen LogP contribution is 2.44. The number of β-amino-alcohol motifs (C(OH)–C–C–N with tert-alkyl or cyclic N) is 1. The molecule has 1 amide bonds. The average molecular weight is 199 g/mol. The lowest BCUT2D eigenvalue weighted by Crippen LogP contribution is -2.64. The topological polar surface area (TPSA) is 49.8 Å². The van der Waals surface area contributed by atoms with Gasteiger partial charge in [-0.25, -0.2) is 0 Å². The first-order valence-electron chi connectivity index (χ1n) is 5.15. The highest BCUT2D eigenvalue weighted by atomic mass is 16.5. The molecule has 0 radical (unpaired) electrons. The van der Waals surface area contributed by atoms with Crippen molar-refractivity contribution in [1.82, 2.24) is 4.90 Å². The van der Waals surface area contributed by atoms with Gasteiger partial charge in [-0.3, -0.25) is 4.79 Å². The van der Waals surface area contributed by atoms with E-state index in [4.69, 9.17) is 4.74 Å². The molecule has 2 rings (SSSR count). The van der Waals surface area contributed by atoms with Crippen molar-refractivity contribution in [3.8, 4) is 0 Å². The molecule has 1 heterocycles. The zero-order chi connectivity index (χ0) is 10.2. The first-order chi connectivity index (χ1) is 6.65. The van der Waals surface area contributed by atoms with Gasteiger partial charge in [0.15, 0.2) is 0 Å². The lowest BCUT2D eigenvalue weighted by atomic mass is 9.88. The summed E-state index contributed by atoms with van der Waals surface area (Å²) in [6.07, 6.45) is 2.67. The van der Waals surface area contributed by atoms with Gasteiger partial charge in [-0.2, -0.15) is 0 Å². The minimum atomic E-state index is -0.553. The summed E-state index contributed by atoms with van der Waals surface area (Å²) in [6.45, 7) is 1.53. The van der Waals surface area contributed by atoms with Crippen molar-refractivity contribution in [2.24, 2.45) is 5.92 Å². The van der Waals surface area contributed by atoms with Crippen molar-refractivity contribution in [2.75, 3.05) is 26.8 Å². The van der Waals surface area contributed by atoms with Crippen LogP contribution in [-0.4, -0.2) is 48.3 Å². The van der Waals surface area contributed by atoms with Crippen molar-refractivity contribution >= 4 is 5.91 Å². The van der Waals surface area contributed by atoms with Gasteiger partial charge < -0.3 is 14.7 Å². The molecule has 1 saturated carbocycles. The largest absolute Gasteiger partial charge is 0.386 e. The first kappa shape index (κ1) is 9.93. The predicted octanol–water partition coefficient (Wildman–Crippen LogP) is 0.00620. The Morgan fingerprint density at radius 1 is 1.57 bits per heavy atom. The van der Waals surface area contributed by atoms with Crippen molar-refractivity contribution in [3.05, 3.63) is 0 Å². The number of carbonyl (C=O) groups excluding carboxylic acids is 1. The summed E-state index contributed by atoms with van der Waals surface area (Å²) < 4.78 is 4.83.